The number of likely N-dealkylation sites (N-methyl/N-ethyl adjacent to an activating group) is 1. The molecule has 1 aliphatic rings. The van der Waals surface area contributed by atoms with Crippen LogP contribution < -0.4 is 0 Å². The Morgan fingerprint density at radius 1 is 0.794 bits per heavy atom. The lowest BCUT2D eigenvalue weighted by molar-refractivity contribution is 0.222. The summed E-state index contributed by atoms with van der Waals surface area (Å²) >= 11 is 0. The average molecular weight is 469 g/mol. The van der Waals surface area contributed by atoms with Crippen molar-refractivity contribution in [2.45, 2.75) is 4.90 Å². The standard InChI is InChI=1S/C27H24N4O2S/c1-30-16-18-31(19-17-30)34(32,33)25-11-6-22(7-12-25)3-2-21-4-8-23(9-5-21)26-13-10-24-20-28-15-14-27(24)29-26/h4-15,20H,16-19H2,1H3. The van der Waals surface area contributed by atoms with Crippen molar-refractivity contribution in [3.05, 3.63) is 90.3 Å². The molecule has 0 N–H and O–H groups in total. The first kappa shape index (κ1) is 22.2. The molecule has 5 rings (SSSR count). The Morgan fingerprint density at radius 2 is 1.44 bits per heavy atom. The van der Waals surface area contributed by atoms with Gasteiger partial charge in [0.1, 0.15) is 0 Å². The first-order valence-electron chi connectivity index (χ1n) is 11.1. The van der Waals surface area contributed by atoms with Crippen LogP contribution in [0.3, 0.4) is 0 Å². The number of aromatic nitrogens is 2. The summed E-state index contributed by atoms with van der Waals surface area (Å²) in [4.78, 5) is 11.3. The maximum absolute atomic E-state index is 12.9. The van der Waals surface area contributed by atoms with Gasteiger partial charge in [-0.15, -0.1) is 0 Å². The minimum Gasteiger partial charge on any atom is -0.304 e. The van der Waals surface area contributed by atoms with Crippen LogP contribution in [0.2, 0.25) is 0 Å². The van der Waals surface area contributed by atoms with E-state index < -0.39 is 10.0 Å². The molecular weight excluding hydrogens is 444 g/mol. The molecule has 170 valence electrons. The van der Waals surface area contributed by atoms with Gasteiger partial charge in [-0.05, 0) is 61.6 Å². The highest BCUT2D eigenvalue weighted by Crippen LogP contribution is 2.21. The van der Waals surface area contributed by atoms with Gasteiger partial charge in [0.15, 0.2) is 0 Å². The van der Waals surface area contributed by atoms with E-state index in [2.05, 4.69) is 21.7 Å². The highest BCUT2D eigenvalue weighted by molar-refractivity contribution is 7.89. The normalized spacial score (nSPS) is 15.1. The third-order valence-corrected chi connectivity index (χ3v) is 7.89. The zero-order valence-corrected chi connectivity index (χ0v) is 19.7. The molecule has 0 unspecified atom stereocenters. The van der Waals surface area contributed by atoms with Gasteiger partial charge in [0.05, 0.1) is 16.1 Å². The molecule has 3 heterocycles. The molecule has 0 saturated carbocycles. The van der Waals surface area contributed by atoms with Gasteiger partial charge in [-0.2, -0.15) is 4.31 Å². The van der Waals surface area contributed by atoms with E-state index in [-0.39, 0.29) is 0 Å². The van der Waals surface area contributed by atoms with Crippen LogP contribution in [0, 0.1) is 11.8 Å². The number of benzene rings is 2. The Morgan fingerprint density at radius 3 is 2.12 bits per heavy atom. The van der Waals surface area contributed by atoms with Crippen molar-refractivity contribution >= 4 is 20.9 Å². The van der Waals surface area contributed by atoms with Crippen molar-refractivity contribution < 1.29 is 8.42 Å². The van der Waals surface area contributed by atoms with E-state index in [9.17, 15) is 8.42 Å². The summed E-state index contributed by atoms with van der Waals surface area (Å²) in [6.45, 7) is 2.52. The van der Waals surface area contributed by atoms with E-state index in [0.717, 1.165) is 46.4 Å². The minimum absolute atomic E-state index is 0.311. The fourth-order valence-corrected chi connectivity index (χ4v) is 5.30. The molecule has 1 fully saturated rings. The number of pyridine rings is 2. The third kappa shape index (κ3) is 4.70. The van der Waals surface area contributed by atoms with Crippen molar-refractivity contribution in [1.82, 2.24) is 19.2 Å². The molecule has 0 bridgehead atoms. The van der Waals surface area contributed by atoms with Crippen LogP contribution in [0.15, 0.2) is 84.0 Å². The smallest absolute Gasteiger partial charge is 0.243 e. The largest absolute Gasteiger partial charge is 0.304 e. The maximum atomic E-state index is 12.9. The molecule has 2 aromatic heterocycles. The van der Waals surface area contributed by atoms with Gasteiger partial charge in [-0.3, -0.25) is 4.98 Å². The molecule has 0 amide bonds. The molecule has 0 radical (unpaired) electrons. The molecule has 2 aromatic carbocycles. The predicted molar refractivity (Wildman–Crippen MR) is 134 cm³/mol. The lowest BCUT2D eigenvalue weighted by Crippen LogP contribution is -2.46. The topological polar surface area (TPSA) is 66.4 Å². The zero-order chi connectivity index (χ0) is 23.5. The number of piperazine rings is 1. The molecule has 1 aliphatic heterocycles. The van der Waals surface area contributed by atoms with Crippen LogP contribution in [-0.2, 0) is 10.0 Å². The summed E-state index contributed by atoms with van der Waals surface area (Å²) in [5, 5.41) is 1.01. The van der Waals surface area contributed by atoms with E-state index >= 15 is 0 Å². The number of hydrogen-bond acceptors (Lipinski definition) is 5. The van der Waals surface area contributed by atoms with Crippen molar-refractivity contribution in [1.29, 1.82) is 0 Å². The summed E-state index contributed by atoms with van der Waals surface area (Å²) in [6, 6.07) is 20.7. The average Bonchev–Trinajstić information content (AvgIpc) is 2.88. The lowest BCUT2D eigenvalue weighted by atomic mass is 10.1. The number of hydrogen-bond donors (Lipinski definition) is 0. The van der Waals surface area contributed by atoms with Gasteiger partial charge >= 0.3 is 0 Å². The third-order valence-electron chi connectivity index (χ3n) is 5.98. The Balaban J connectivity index is 1.29. The lowest BCUT2D eigenvalue weighted by Gasteiger charge is -2.31. The quantitative estimate of drug-likeness (QED) is 0.430. The van der Waals surface area contributed by atoms with Crippen molar-refractivity contribution in [3.63, 3.8) is 0 Å². The number of sulfonamides is 1. The fraction of sp³-hybridized carbons (Fsp3) is 0.185. The first-order chi connectivity index (χ1) is 16.5. The molecule has 34 heavy (non-hydrogen) atoms. The Bertz CT molecular complexity index is 1480. The van der Waals surface area contributed by atoms with E-state index in [4.69, 9.17) is 4.98 Å². The highest BCUT2D eigenvalue weighted by Gasteiger charge is 2.27. The molecule has 0 aliphatic carbocycles. The van der Waals surface area contributed by atoms with Crippen molar-refractivity contribution in [2.75, 3.05) is 33.2 Å². The van der Waals surface area contributed by atoms with Crippen LogP contribution in [-0.4, -0.2) is 60.8 Å². The van der Waals surface area contributed by atoms with E-state index in [1.807, 2.05) is 49.5 Å². The SMILES string of the molecule is CN1CCN(S(=O)(=O)c2ccc(C#Cc3ccc(-c4ccc5cnccc5n4)cc3)cc2)CC1. The predicted octanol–water partition coefficient (Wildman–Crippen LogP) is 3.63. The fourth-order valence-electron chi connectivity index (χ4n) is 3.88. The molecule has 0 spiro atoms. The summed E-state index contributed by atoms with van der Waals surface area (Å²) in [5.41, 5.74) is 4.47. The van der Waals surface area contributed by atoms with Crippen molar-refractivity contribution in [2.24, 2.45) is 0 Å². The van der Waals surface area contributed by atoms with E-state index in [1.54, 1.807) is 41.0 Å². The molecule has 0 atom stereocenters. The number of nitrogens with zero attached hydrogens (tertiary/aromatic N) is 4. The summed E-state index contributed by atoms with van der Waals surface area (Å²) in [7, 11) is -1.46. The Kier molecular flexibility index (Phi) is 6.12. The second kappa shape index (κ2) is 9.35. The van der Waals surface area contributed by atoms with Gasteiger partial charge in [0.25, 0.3) is 0 Å². The van der Waals surface area contributed by atoms with Crippen LogP contribution in [0.5, 0.6) is 0 Å². The highest BCUT2D eigenvalue weighted by atomic mass is 32.2. The summed E-state index contributed by atoms with van der Waals surface area (Å²) in [5.74, 6) is 6.27. The zero-order valence-electron chi connectivity index (χ0n) is 18.8. The van der Waals surface area contributed by atoms with E-state index in [0.29, 0.717) is 18.0 Å². The number of rotatable bonds is 3. The van der Waals surface area contributed by atoms with Gasteiger partial charge in [-0.25, -0.2) is 13.4 Å². The second-order valence-corrected chi connectivity index (χ2v) is 10.3. The van der Waals surface area contributed by atoms with Crippen molar-refractivity contribution in [3.8, 4) is 23.1 Å². The molecular formula is C27H24N4O2S. The van der Waals surface area contributed by atoms with Gasteiger partial charge in [0, 0.05) is 60.6 Å². The molecule has 4 aromatic rings. The van der Waals surface area contributed by atoms with E-state index in [1.165, 1.54) is 0 Å². The van der Waals surface area contributed by atoms with Crippen LogP contribution in [0.4, 0.5) is 0 Å². The van der Waals surface area contributed by atoms with Gasteiger partial charge in [0.2, 0.25) is 10.0 Å². The first-order valence-corrected chi connectivity index (χ1v) is 12.5. The van der Waals surface area contributed by atoms with Gasteiger partial charge in [-0.1, -0.05) is 24.0 Å². The monoisotopic (exact) mass is 468 g/mol. The van der Waals surface area contributed by atoms with Crippen LogP contribution in [0.1, 0.15) is 11.1 Å². The molecule has 6 nitrogen and oxygen atoms in total. The van der Waals surface area contributed by atoms with Crippen LogP contribution in [0.25, 0.3) is 22.2 Å². The summed E-state index contributed by atoms with van der Waals surface area (Å²) in [6.07, 6.45) is 3.55. The summed E-state index contributed by atoms with van der Waals surface area (Å²) < 4.78 is 27.3. The molecule has 7 heteroatoms. The van der Waals surface area contributed by atoms with Gasteiger partial charge < -0.3 is 4.90 Å². The Labute approximate surface area is 199 Å². The minimum atomic E-state index is -3.47. The van der Waals surface area contributed by atoms with Crippen LogP contribution >= 0.6 is 0 Å². The Hall–Kier alpha value is -3.57. The second-order valence-electron chi connectivity index (χ2n) is 8.32. The maximum Gasteiger partial charge on any atom is 0.243 e. The number of fused-ring (bicyclic) bond motifs is 1. The molecule has 1 saturated heterocycles.